The van der Waals surface area contributed by atoms with E-state index in [0.717, 1.165) is 51.6 Å². The molecule has 1 amide bonds. The van der Waals surface area contributed by atoms with Gasteiger partial charge in [0, 0.05) is 38.9 Å². The summed E-state index contributed by atoms with van der Waals surface area (Å²) < 4.78 is 10.5. The van der Waals surface area contributed by atoms with Gasteiger partial charge < -0.3 is 19.9 Å². The Morgan fingerprint density at radius 1 is 1.16 bits per heavy atom. The molecule has 6 heteroatoms. The predicted octanol–water partition coefficient (Wildman–Crippen LogP) is 3.00. The van der Waals surface area contributed by atoms with E-state index in [4.69, 9.17) is 9.47 Å². The number of methoxy groups -OCH3 is 1. The van der Waals surface area contributed by atoms with Crippen LogP contribution in [0.4, 0.5) is 0 Å². The number of amides is 1. The zero-order valence-electron chi connectivity index (χ0n) is 15.8. The Balaban J connectivity index is 2.47. The van der Waals surface area contributed by atoms with Crippen LogP contribution in [0, 0.1) is 11.3 Å². The van der Waals surface area contributed by atoms with Crippen LogP contribution in [0.1, 0.15) is 64.7 Å². The Labute approximate surface area is 151 Å². The van der Waals surface area contributed by atoms with Crippen molar-refractivity contribution >= 4 is 11.9 Å². The molecule has 1 fully saturated rings. The van der Waals surface area contributed by atoms with Gasteiger partial charge in [0.05, 0.1) is 5.92 Å². The minimum absolute atomic E-state index is 0.0159. The molecular formula is C19H35NO5. The maximum Gasteiger partial charge on any atom is 0.306 e. The number of hydrogen-bond acceptors (Lipinski definition) is 4. The average molecular weight is 357 g/mol. The molecule has 0 spiro atoms. The van der Waals surface area contributed by atoms with Crippen molar-refractivity contribution in [3.8, 4) is 0 Å². The van der Waals surface area contributed by atoms with Gasteiger partial charge in [0.25, 0.3) is 0 Å². The first kappa shape index (κ1) is 21.9. The smallest absolute Gasteiger partial charge is 0.306 e. The fraction of sp³-hybridized carbons (Fsp3) is 0.895. The van der Waals surface area contributed by atoms with Crippen molar-refractivity contribution in [1.82, 2.24) is 5.32 Å². The van der Waals surface area contributed by atoms with Crippen molar-refractivity contribution < 1.29 is 24.2 Å². The van der Waals surface area contributed by atoms with E-state index < -0.39 is 17.3 Å². The molecule has 146 valence electrons. The summed E-state index contributed by atoms with van der Waals surface area (Å²) in [6.07, 6.45) is 7.37. The van der Waals surface area contributed by atoms with Crippen molar-refractivity contribution in [1.29, 1.82) is 0 Å². The molecule has 25 heavy (non-hydrogen) atoms. The molecular weight excluding hydrogens is 322 g/mol. The normalized spacial score (nSPS) is 17.4. The summed E-state index contributed by atoms with van der Waals surface area (Å²) in [6, 6.07) is 0. The van der Waals surface area contributed by atoms with E-state index in [9.17, 15) is 14.7 Å². The number of nitrogens with one attached hydrogen (secondary N) is 1. The van der Waals surface area contributed by atoms with Crippen LogP contribution in [0.25, 0.3) is 0 Å². The molecule has 0 aromatic rings. The van der Waals surface area contributed by atoms with E-state index in [1.165, 1.54) is 0 Å². The topological polar surface area (TPSA) is 84.9 Å². The molecule has 0 bridgehead atoms. The van der Waals surface area contributed by atoms with Crippen LogP contribution >= 0.6 is 0 Å². The van der Waals surface area contributed by atoms with Crippen LogP contribution in [0.15, 0.2) is 0 Å². The number of carbonyl (C=O) groups is 2. The molecule has 0 radical (unpaired) electrons. The van der Waals surface area contributed by atoms with Crippen molar-refractivity contribution in [3.05, 3.63) is 0 Å². The largest absolute Gasteiger partial charge is 0.481 e. The van der Waals surface area contributed by atoms with Gasteiger partial charge in [-0.15, -0.1) is 0 Å². The fourth-order valence-electron chi connectivity index (χ4n) is 3.53. The number of ether oxygens (including phenoxy) is 2. The predicted molar refractivity (Wildman–Crippen MR) is 96.5 cm³/mol. The second-order valence-electron chi connectivity index (χ2n) is 7.08. The van der Waals surface area contributed by atoms with Crippen molar-refractivity contribution in [2.24, 2.45) is 11.3 Å². The van der Waals surface area contributed by atoms with E-state index in [0.29, 0.717) is 32.6 Å². The Morgan fingerprint density at radius 2 is 1.84 bits per heavy atom. The number of carboxylic acid groups (broad SMARTS) is 1. The molecule has 6 nitrogen and oxygen atoms in total. The second-order valence-corrected chi connectivity index (χ2v) is 7.08. The molecule has 1 rings (SSSR count). The maximum absolute atomic E-state index is 12.8. The molecule has 0 saturated heterocycles. The lowest BCUT2D eigenvalue weighted by Crippen LogP contribution is -2.42. The SMILES string of the molecule is CCCCOCCCNC(=O)C1(CC(CCOC)C(=O)O)CCCC1. The second kappa shape index (κ2) is 12.3. The molecule has 0 aliphatic heterocycles. The Bertz CT molecular complexity index is 393. The van der Waals surface area contributed by atoms with Crippen molar-refractivity contribution in [2.45, 2.75) is 64.7 Å². The molecule has 0 heterocycles. The number of carboxylic acids is 1. The lowest BCUT2D eigenvalue weighted by molar-refractivity contribution is -0.145. The summed E-state index contributed by atoms with van der Waals surface area (Å²) in [5.74, 6) is -1.34. The summed E-state index contributed by atoms with van der Waals surface area (Å²) in [5.41, 5.74) is -0.528. The first-order chi connectivity index (χ1) is 12.1. The highest BCUT2D eigenvalue weighted by molar-refractivity contribution is 5.83. The molecule has 1 aliphatic rings. The molecule has 0 aromatic carbocycles. The highest BCUT2D eigenvalue weighted by Crippen LogP contribution is 2.44. The van der Waals surface area contributed by atoms with Crippen LogP contribution in [0.2, 0.25) is 0 Å². The van der Waals surface area contributed by atoms with Crippen LogP contribution in [0.3, 0.4) is 0 Å². The lowest BCUT2D eigenvalue weighted by Gasteiger charge is -2.30. The van der Waals surface area contributed by atoms with E-state index in [1.807, 2.05) is 0 Å². The lowest BCUT2D eigenvalue weighted by atomic mass is 9.76. The summed E-state index contributed by atoms with van der Waals surface area (Å²) >= 11 is 0. The number of carbonyl (C=O) groups excluding carboxylic acids is 1. The number of aliphatic carboxylic acids is 1. The van der Waals surface area contributed by atoms with Gasteiger partial charge in [-0.3, -0.25) is 9.59 Å². The van der Waals surface area contributed by atoms with Crippen LogP contribution in [-0.4, -0.2) is 50.5 Å². The molecule has 1 atom stereocenters. The third kappa shape index (κ3) is 7.74. The Morgan fingerprint density at radius 3 is 2.44 bits per heavy atom. The van der Waals surface area contributed by atoms with Gasteiger partial charge in [0.2, 0.25) is 5.91 Å². The zero-order chi connectivity index (χ0) is 18.5. The summed E-state index contributed by atoms with van der Waals surface area (Å²) in [4.78, 5) is 24.3. The molecule has 1 aliphatic carbocycles. The average Bonchev–Trinajstić information content (AvgIpc) is 3.07. The first-order valence-corrected chi connectivity index (χ1v) is 9.63. The third-order valence-corrected chi connectivity index (χ3v) is 5.09. The van der Waals surface area contributed by atoms with Crippen LogP contribution in [-0.2, 0) is 19.1 Å². The number of unbranched alkanes of at least 4 members (excludes halogenated alkanes) is 1. The minimum atomic E-state index is -0.833. The van der Waals surface area contributed by atoms with Gasteiger partial charge in [0.15, 0.2) is 0 Å². The van der Waals surface area contributed by atoms with E-state index >= 15 is 0 Å². The first-order valence-electron chi connectivity index (χ1n) is 9.63. The Kier molecular flexibility index (Phi) is 10.7. The number of hydrogen-bond donors (Lipinski definition) is 2. The monoisotopic (exact) mass is 357 g/mol. The maximum atomic E-state index is 12.8. The molecule has 0 aromatic heterocycles. The van der Waals surface area contributed by atoms with Crippen LogP contribution in [0.5, 0.6) is 0 Å². The van der Waals surface area contributed by atoms with Gasteiger partial charge in [-0.1, -0.05) is 26.2 Å². The van der Waals surface area contributed by atoms with Crippen LogP contribution < -0.4 is 5.32 Å². The summed E-state index contributed by atoms with van der Waals surface area (Å²) in [7, 11) is 1.57. The fourth-order valence-corrected chi connectivity index (χ4v) is 3.53. The van der Waals surface area contributed by atoms with Gasteiger partial charge in [-0.25, -0.2) is 0 Å². The zero-order valence-corrected chi connectivity index (χ0v) is 15.8. The minimum Gasteiger partial charge on any atom is -0.481 e. The van der Waals surface area contributed by atoms with E-state index in [-0.39, 0.29) is 5.91 Å². The van der Waals surface area contributed by atoms with Crippen molar-refractivity contribution in [2.75, 3.05) is 33.5 Å². The highest BCUT2D eigenvalue weighted by Gasteiger charge is 2.43. The van der Waals surface area contributed by atoms with E-state index in [2.05, 4.69) is 12.2 Å². The Hall–Kier alpha value is -1.14. The quantitative estimate of drug-likeness (QED) is 0.467. The highest BCUT2D eigenvalue weighted by atomic mass is 16.5. The molecule has 1 unspecified atom stereocenters. The van der Waals surface area contributed by atoms with Gasteiger partial charge in [-0.05, 0) is 38.5 Å². The summed E-state index contributed by atoms with van der Waals surface area (Å²) in [6.45, 7) is 4.54. The van der Waals surface area contributed by atoms with E-state index in [1.54, 1.807) is 7.11 Å². The van der Waals surface area contributed by atoms with Crippen molar-refractivity contribution in [3.63, 3.8) is 0 Å². The third-order valence-electron chi connectivity index (χ3n) is 5.09. The molecule has 2 N–H and O–H groups in total. The standard InChI is InChI=1S/C19H35NO5/c1-3-4-12-25-13-7-11-20-18(23)19(9-5-6-10-19)15-16(17(21)22)8-14-24-2/h16H,3-15H2,1-2H3,(H,20,23)(H,21,22). The summed E-state index contributed by atoms with van der Waals surface area (Å²) in [5, 5.41) is 12.5. The van der Waals surface area contributed by atoms with Gasteiger partial charge in [-0.2, -0.15) is 0 Å². The molecule has 1 saturated carbocycles. The van der Waals surface area contributed by atoms with Gasteiger partial charge in [0.1, 0.15) is 0 Å². The van der Waals surface area contributed by atoms with Gasteiger partial charge >= 0.3 is 5.97 Å². The number of rotatable bonds is 14.